The average Bonchev–Trinajstić information content (AvgIpc) is 2.36. The Morgan fingerprint density at radius 3 is 2.50 bits per heavy atom. The lowest BCUT2D eigenvalue weighted by Gasteiger charge is -2.25. The molecular weight excluding hydrogens is 262 g/mol. The number of amides is 1. The lowest BCUT2D eigenvalue weighted by Crippen LogP contribution is -2.45. The van der Waals surface area contributed by atoms with Crippen molar-refractivity contribution in [1.29, 1.82) is 0 Å². The van der Waals surface area contributed by atoms with Gasteiger partial charge in [0.15, 0.2) is 5.75 Å². The minimum atomic E-state index is -0.719. The second kappa shape index (κ2) is 5.87. The summed E-state index contributed by atoms with van der Waals surface area (Å²) in [6.45, 7) is 5.52. The molecule has 0 fully saturated rings. The van der Waals surface area contributed by atoms with E-state index in [-0.39, 0.29) is 11.4 Å². The number of nitro groups is 1. The van der Waals surface area contributed by atoms with Gasteiger partial charge in [0.1, 0.15) is 0 Å². The fourth-order valence-electron chi connectivity index (χ4n) is 1.52. The maximum Gasteiger partial charge on any atom is 0.312 e. The van der Waals surface area contributed by atoms with Crippen LogP contribution in [-0.4, -0.2) is 24.0 Å². The van der Waals surface area contributed by atoms with Crippen molar-refractivity contribution in [2.75, 3.05) is 12.4 Å². The first kappa shape index (κ1) is 15.9. The Morgan fingerprint density at radius 2 is 2.05 bits per heavy atom. The second-order valence-electron chi connectivity index (χ2n) is 5.48. The van der Waals surface area contributed by atoms with Gasteiger partial charge in [-0.15, -0.1) is 0 Å². The highest BCUT2D eigenvalue weighted by atomic mass is 16.6. The van der Waals surface area contributed by atoms with Crippen molar-refractivity contribution >= 4 is 17.3 Å². The third kappa shape index (κ3) is 3.67. The van der Waals surface area contributed by atoms with Crippen LogP contribution in [0, 0.1) is 15.5 Å². The number of nitrogens with one attached hydrogen (secondary N) is 1. The van der Waals surface area contributed by atoms with E-state index in [1.165, 1.54) is 25.3 Å². The van der Waals surface area contributed by atoms with Crippen LogP contribution in [0.5, 0.6) is 5.75 Å². The quantitative estimate of drug-likeness (QED) is 0.647. The molecule has 1 atom stereocenters. The summed E-state index contributed by atoms with van der Waals surface area (Å²) >= 11 is 0. The normalized spacial score (nSPS) is 12.7. The minimum absolute atomic E-state index is 0.133. The maximum atomic E-state index is 12.0. The maximum absolute atomic E-state index is 12.0. The van der Waals surface area contributed by atoms with Crippen molar-refractivity contribution in [3.63, 3.8) is 0 Å². The first-order valence-corrected chi connectivity index (χ1v) is 6.05. The number of nitro benzene ring substituents is 1. The highest BCUT2D eigenvalue weighted by Gasteiger charge is 2.28. The summed E-state index contributed by atoms with van der Waals surface area (Å²) in [6, 6.07) is 3.48. The minimum Gasteiger partial charge on any atom is -0.490 e. The molecule has 3 N–H and O–H groups in total. The number of ether oxygens (including phenoxy) is 1. The Bertz CT molecular complexity index is 523. The molecule has 7 heteroatoms. The van der Waals surface area contributed by atoms with Crippen LogP contribution in [-0.2, 0) is 4.79 Å². The Morgan fingerprint density at radius 1 is 1.45 bits per heavy atom. The van der Waals surface area contributed by atoms with Crippen LogP contribution in [0.1, 0.15) is 20.8 Å². The zero-order valence-electron chi connectivity index (χ0n) is 12.0. The predicted molar refractivity (Wildman–Crippen MR) is 75.7 cm³/mol. The van der Waals surface area contributed by atoms with Gasteiger partial charge in [0.05, 0.1) is 18.1 Å². The van der Waals surface area contributed by atoms with Crippen molar-refractivity contribution in [1.82, 2.24) is 0 Å². The number of hydrogen-bond donors (Lipinski definition) is 2. The highest BCUT2D eigenvalue weighted by Crippen LogP contribution is 2.30. The van der Waals surface area contributed by atoms with Gasteiger partial charge < -0.3 is 15.8 Å². The van der Waals surface area contributed by atoms with Gasteiger partial charge in [-0.05, 0) is 17.5 Å². The van der Waals surface area contributed by atoms with Crippen molar-refractivity contribution in [3.8, 4) is 5.75 Å². The standard InChI is InChI=1S/C13H19N3O4/c1-13(2,3)11(14)12(17)15-8-5-6-10(20-4)9(7-8)16(18)19/h5-7,11H,14H2,1-4H3,(H,15,17)/t11-/m1/s1. The summed E-state index contributed by atoms with van der Waals surface area (Å²) < 4.78 is 4.89. The molecule has 0 spiro atoms. The fourth-order valence-corrected chi connectivity index (χ4v) is 1.52. The molecule has 20 heavy (non-hydrogen) atoms. The summed E-state index contributed by atoms with van der Waals surface area (Å²) in [5.41, 5.74) is 5.52. The van der Waals surface area contributed by atoms with Crippen LogP contribution in [0.4, 0.5) is 11.4 Å². The van der Waals surface area contributed by atoms with Crippen molar-refractivity contribution in [3.05, 3.63) is 28.3 Å². The number of carbonyl (C=O) groups is 1. The number of anilines is 1. The number of methoxy groups -OCH3 is 1. The Hall–Kier alpha value is -2.15. The van der Waals surface area contributed by atoms with Gasteiger partial charge in [0.2, 0.25) is 5.91 Å². The number of hydrogen-bond acceptors (Lipinski definition) is 5. The number of nitrogens with two attached hydrogens (primary N) is 1. The molecule has 0 aliphatic carbocycles. The lowest BCUT2D eigenvalue weighted by molar-refractivity contribution is -0.385. The van der Waals surface area contributed by atoms with Gasteiger partial charge in [-0.25, -0.2) is 0 Å². The predicted octanol–water partition coefficient (Wildman–Crippen LogP) is 1.92. The smallest absolute Gasteiger partial charge is 0.312 e. The van der Waals surface area contributed by atoms with Gasteiger partial charge in [-0.1, -0.05) is 20.8 Å². The SMILES string of the molecule is COc1ccc(NC(=O)[C@@H](N)C(C)(C)C)cc1[N+](=O)[O-]. The fraction of sp³-hybridized carbons (Fsp3) is 0.462. The third-order valence-corrected chi connectivity index (χ3v) is 2.86. The largest absolute Gasteiger partial charge is 0.490 e. The van der Waals surface area contributed by atoms with Gasteiger partial charge in [0.25, 0.3) is 0 Å². The molecule has 0 radical (unpaired) electrons. The zero-order valence-corrected chi connectivity index (χ0v) is 12.0. The number of nitrogens with zero attached hydrogens (tertiary/aromatic N) is 1. The van der Waals surface area contributed by atoms with Crippen LogP contribution >= 0.6 is 0 Å². The number of benzene rings is 1. The molecule has 110 valence electrons. The van der Waals surface area contributed by atoms with Crippen molar-refractivity contribution < 1.29 is 14.5 Å². The summed E-state index contributed by atoms with van der Waals surface area (Å²) in [5, 5.41) is 13.5. The highest BCUT2D eigenvalue weighted by molar-refractivity contribution is 5.95. The zero-order chi connectivity index (χ0) is 15.5. The molecule has 0 aliphatic rings. The Balaban J connectivity index is 2.97. The van der Waals surface area contributed by atoms with E-state index in [4.69, 9.17) is 10.5 Å². The first-order valence-electron chi connectivity index (χ1n) is 6.05. The van der Waals surface area contributed by atoms with Gasteiger partial charge in [-0.2, -0.15) is 0 Å². The number of rotatable bonds is 4. The van der Waals surface area contributed by atoms with Crippen LogP contribution < -0.4 is 15.8 Å². The van der Waals surface area contributed by atoms with E-state index in [0.717, 1.165) is 0 Å². The summed E-state index contributed by atoms with van der Waals surface area (Å²) in [7, 11) is 1.34. The van der Waals surface area contributed by atoms with E-state index >= 15 is 0 Å². The average molecular weight is 281 g/mol. The molecule has 0 bridgehead atoms. The second-order valence-corrected chi connectivity index (χ2v) is 5.48. The third-order valence-electron chi connectivity index (χ3n) is 2.86. The molecule has 1 aromatic rings. The van der Waals surface area contributed by atoms with E-state index in [1.54, 1.807) is 0 Å². The van der Waals surface area contributed by atoms with Crippen molar-refractivity contribution in [2.45, 2.75) is 26.8 Å². The molecule has 1 aromatic carbocycles. The van der Waals surface area contributed by atoms with E-state index in [2.05, 4.69) is 5.32 Å². The monoisotopic (exact) mass is 281 g/mol. The van der Waals surface area contributed by atoms with Gasteiger partial charge in [-0.3, -0.25) is 14.9 Å². The molecule has 0 aromatic heterocycles. The summed E-state index contributed by atoms with van der Waals surface area (Å²) in [5.74, 6) is -0.259. The summed E-state index contributed by atoms with van der Waals surface area (Å²) in [6.07, 6.45) is 0. The summed E-state index contributed by atoms with van der Waals surface area (Å²) in [4.78, 5) is 22.3. The van der Waals surface area contributed by atoms with Crippen LogP contribution in [0.25, 0.3) is 0 Å². The van der Waals surface area contributed by atoms with E-state index < -0.39 is 22.3 Å². The Kier molecular flexibility index (Phi) is 4.67. The molecule has 0 aliphatic heterocycles. The van der Waals surface area contributed by atoms with E-state index in [0.29, 0.717) is 5.69 Å². The molecular formula is C13H19N3O4. The molecule has 0 saturated carbocycles. The first-order chi connectivity index (χ1) is 9.16. The topological polar surface area (TPSA) is 107 Å². The van der Waals surface area contributed by atoms with E-state index in [9.17, 15) is 14.9 Å². The van der Waals surface area contributed by atoms with Crippen molar-refractivity contribution in [2.24, 2.45) is 11.1 Å². The molecule has 0 saturated heterocycles. The van der Waals surface area contributed by atoms with Crippen LogP contribution in [0.15, 0.2) is 18.2 Å². The molecule has 1 rings (SSSR count). The molecule has 0 heterocycles. The molecule has 1 amide bonds. The van der Waals surface area contributed by atoms with Gasteiger partial charge >= 0.3 is 5.69 Å². The lowest BCUT2D eigenvalue weighted by atomic mass is 9.87. The van der Waals surface area contributed by atoms with Crippen LogP contribution in [0.2, 0.25) is 0 Å². The number of carbonyl (C=O) groups excluding carboxylic acids is 1. The Labute approximate surface area is 117 Å². The van der Waals surface area contributed by atoms with E-state index in [1.807, 2.05) is 20.8 Å². The molecule has 0 unspecified atom stereocenters. The van der Waals surface area contributed by atoms with Crippen LogP contribution in [0.3, 0.4) is 0 Å². The molecule has 7 nitrogen and oxygen atoms in total. The van der Waals surface area contributed by atoms with Gasteiger partial charge in [0, 0.05) is 11.8 Å².